The molecule has 0 amide bonds. The molecule has 0 bridgehead atoms. The maximum absolute atomic E-state index is 13.6. The molecule has 234 valence electrons. The van der Waals surface area contributed by atoms with Crippen molar-refractivity contribution in [2.75, 3.05) is 13.7 Å². The van der Waals surface area contributed by atoms with Crippen LogP contribution in [0.2, 0.25) is 0 Å². The van der Waals surface area contributed by atoms with Crippen molar-refractivity contribution in [1.82, 2.24) is 0 Å². The predicted molar refractivity (Wildman–Crippen MR) is 176 cm³/mol. The number of carbonyl (C=O) groups excluding carboxylic acids is 3. The highest BCUT2D eigenvalue weighted by Gasteiger charge is 2.51. The molecule has 47 heavy (non-hydrogen) atoms. The quantitative estimate of drug-likeness (QED) is 0.130. The van der Waals surface area contributed by atoms with Gasteiger partial charge in [-0.05, 0) is 62.6 Å². The summed E-state index contributed by atoms with van der Waals surface area (Å²) in [5.74, 6) is -1.87. The molecule has 1 heterocycles. The Balaban J connectivity index is 1.16. The van der Waals surface area contributed by atoms with Gasteiger partial charge in [0.1, 0.15) is 12.7 Å². The Labute approximate surface area is 270 Å². The van der Waals surface area contributed by atoms with Crippen LogP contribution >= 0.6 is 0 Å². The van der Waals surface area contributed by atoms with E-state index in [1.807, 2.05) is 91.0 Å². The number of esters is 3. The Hall–Kier alpha value is -5.57. The zero-order valence-electron chi connectivity index (χ0n) is 25.4. The fourth-order valence-electron chi connectivity index (χ4n) is 5.94. The third-order valence-corrected chi connectivity index (χ3v) is 8.34. The molecule has 0 aromatic heterocycles. The number of carbonyl (C=O) groups is 3. The second-order valence-electron chi connectivity index (χ2n) is 11.3. The van der Waals surface area contributed by atoms with E-state index in [0.29, 0.717) is 22.1 Å². The van der Waals surface area contributed by atoms with Gasteiger partial charge < -0.3 is 23.7 Å². The summed E-state index contributed by atoms with van der Waals surface area (Å²) < 4.78 is 29.3. The monoisotopic (exact) mass is 626 g/mol. The lowest BCUT2D eigenvalue weighted by Gasteiger charge is -2.24. The summed E-state index contributed by atoms with van der Waals surface area (Å²) in [6, 6.07) is 38.6. The van der Waals surface area contributed by atoms with Crippen LogP contribution in [0.25, 0.3) is 32.3 Å². The number of methoxy groups -OCH3 is 1. The molecule has 6 aromatic rings. The van der Waals surface area contributed by atoms with Crippen LogP contribution in [0.1, 0.15) is 31.1 Å². The number of rotatable bonds is 8. The summed E-state index contributed by atoms with van der Waals surface area (Å²) in [6.07, 6.45) is -4.44. The fourth-order valence-corrected chi connectivity index (χ4v) is 5.94. The number of hydrogen-bond donors (Lipinski definition) is 0. The molecule has 4 unspecified atom stereocenters. The molecular weight excluding hydrogens is 596 g/mol. The molecule has 7 rings (SSSR count). The van der Waals surface area contributed by atoms with Gasteiger partial charge in [0.05, 0.1) is 16.7 Å². The first-order chi connectivity index (χ1) is 23.0. The summed E-state index contributed by atoms with van der Waals surface area (Å²) in [7, 11) is 1.40. The van der Waals surface area contributed by atoms with E-state index in [-0.39, 0.29) is 6.61 Å². The van der Waals surface area contributed by atoms with E-state index >= 15 is 0 Å². The van der Waals surface area contributed by atoms with Gasteiger partial charge in [0.15, 0.2) is 18.5 Å². The average Bonchev–Trinajstić information content (AvgIpc) is 3.44. The van der Waals surface area contributed by atoms with Crippen molar-refractivity contribution in [2.24, 2.45) is 0 Å². The van der Waals surface area contributed by atoms with E-state index in [1.165, 1.54) is 7.11 Å². The van der Waals surface area contributed by atoms with Gasteiger partial charge in [-0.1, -0.05) is 97.1 Å². The van der Waals surface area contributed by atoms with Gasteiger partial charge in [0.2, 0.25) is 0 Å². The topological polar surface area (TPSA) is 97.4 Å². The maximum atomic E-state index is 13.6. The summed E-state index contributed by atoms with van der Waals surface area (Å²) in [5, 5.41) is 5.28. The minimum absolute atomic E-state index is 0.288. The number of ether oxygens (including phenoxy) is 5. The largest absolute Gasteiger partial charge is 0.459 e. The highest BCUT2D eigenvalue weighted by molar-refractivity contribution is 6.04. The summed E-state index contributed by atoms with van der Waals surface area (Å²) in [6.45, 7) is -0.288. The molecule has 0 saturated carbocycles. The second kappa shape index (κ2) is 13.0. The Morgan fingerprint density at radius 1 is 0.574 bits per heavy atom. The van der Waals surface area contributed by atoms with Crippen molar-refractivity contribution in [3.05, 3.63) is 144 Å². The Kier molecular flexibility index (Phi) is 8.35. The molecule has 6 aromatic carbocycles. The molecule has 0 spiro atoms. The van der Waals surface area contributed by atoms with E-state index in [1.54, 1.807) is 36.4 Å². The Morgan fingerprint density at radius 2 is 1.13 bits per heavy atom. The van der Waals surface area contributed by atoms with Crippen molar-refractivity contribution < 1.29 is 38.1 Å². The van der Waals surface area contributed by atoms with E-state index in [0.717, 1.165) is 26.9 Å². The standard InChI is InChI=1S/C39H30O8/c1-43-39-35(47-38(42)32-16-8-14-26-11-6-7-15-31(26)32)34(46-37(41)30-20-18-25-10-3-5-13-28(25)22-30)33(45-39)23-44-36(40)29-19-17-24-9-2-4-12-27(24)21-29/h2-22,33-35,39H,23H2,1H3. The lowest BCUT2D eigenvalue weighted by atomic mass is 10.0. The lowest BCUT2D eigenvalue weighted by molar-refractivity contribution is -0.155. The van der Waals surface area contributed by atoms with E-state index in [4.69, 9.17) is 23.7 Å². The first kappa shape index (κ1) is 30.1. The molecule has 1 aliphatic rings. The van der Waals surface area contributed by atoms with Crippen LogP contribution in [0.3, 0.4) is 0 Å². The molecule has 0 radical (unpaired) electrons. The highest BCUT2D eigenvalue weighted by atomic mass is 16.7. The van der Waals surface area contributed by atoms with Gasteiger partial charge in [-0.2, -0.15) is 0 Å². The van der Waals surface area contributed by atoms with Gasteiger partial charge >= 0.3 is 17.9 Å². The molecule has 8 heteroatoms. The van der Waals surface area contributed by atoms with Gasteiger partial charge in [-0.3, -0.25) is 0 Å². The number of hydrogen-bond acceptors (Lipinski definition) is 8. The first-order valence-corrected chi connectivity index (χ1v) is 15.2. The summed E-state index contributed by atoms with van der Waals surface area (Å²) >= 11 is 0. The van der Waals surface area contributed by atoms with Crippen LogP contribution in [-0.2, 0) is 23.7 Å². The highest BCUT2D eigenvalue weighted by Crippen LogP contribution is 2.31. The third kappa shape index (κ3) is 6.16. The Morgan fingerprint density at radius 3 is 1.79 bits per heavy atom. The summed E-state index contributed by atoms with van der Waals surface area (Å²) in [5.41, 5.74) is 0.993. The lowest BCUT2D eigenvalue weighted by Crippen LogP contribution is -2.42. The van der Waals surface area contributed by atoms with Crippen LogP contribution in [0.4, 0.5) is 0 Å². The first-order valence-electron chi connectivity index (χ1n) is 15.2. The van der Waals surface area contributed by atoms with Crippen molar-refractivity contribution in [2.45, 2.75) is 24.6 Å². The van der Waals surface area contributed by atoms with E-state index in [2.05, 4.69) is 0 Å². The van der Waals surface area contributed by atoms with Crippen LogP contribution in [-0.4, -0.2) is 56.2 Å². The van der Waals surface area contributed by atoms with Crippen molar-refractivity contribution >= 4 is 50.2 Å². The molecule has 8 nitrogen and oxygen atoms in total. The smallest absolute Gasteiger partial charge is 0.339 e. The average molecular weight is 627 g/mol. The van der Waals surface area contributed by atoms with Crippen molar-refractivity contribution in [3.63, 3.8) is 0 Å². The van der Waals surface area contributed by atoms with Gasteiger partial charge in [0, 0.05) is 7.11 Å². The van der Waals surface area contributed by atoms with Crippen molar-refractivity contribution in [1.29, 1.82) is 0 Å². The van der Waals surface area contributed by atoms with Gasteiger partial charge in [0.25, 0.3) is 0 Å². The molecule has 0 aliphatic carbocycles. The molecule has 1 aliphatic heterocycles. The minimum Gasteiger partial charge on any atom is -0.459 e. The van der Waals surface area contributed by atoms with Crippen LogP contribution in [0, 0.1) is 0 Å². The van der Waals surface area contributed by atoms with E-state index < -0.39 is 42.5 Å². The molecule has 4 atom stereocenters. The second-order valence-corrected chi connectivity index (χ2v) is 11.3. The molecule has 1 saturated heterocycles. The number of fused-ring (bicyclic) bond motifs is 3. The van der Waals surface area contributed by atoms with Crippen molar-refractivity contribution in [3.8, 4) is 0 Å². The van der Waals surface area contributed by atoms with Gasteiger partial charge in [-0.15, -0.1) is 0 Å². The minimum atomic E-state index is -1.17. The van der Waals surface area contributed by atoms with Gasteiger partial charge in [-0.25, -0.2) is 14.4 Å². The normalized spacial score (nSPS) is 19.1. The predicted octanol–water partition coefficient (Wildman–Crippen LogP) is 7.13. The molecular formula is C39H30O8. The van der Waals surface area contributed by atoms with Crippen LogP contribution < -0.4 is 0 Å². The number of benzene rings is 6. The zero-order chi connectivity index (χ0) is 32.3. The van der Waals surface area contributed by atoms with E-state index in [9.17, 15) is 14.4 Å². The Bertz CT molecular complexity index is 2120. The molecule has 1 fully saturated rings. The zero-order valence-corrected chi connectivity index (χ0v) is 25.4. The maximum Gasteiger partial charge on any atom is 0.339 e. The third-order valence-electron chi connectivity index (χ3n) is 8.34. The SMILES string of the molecule is COC1OC(COC(=O)c2ccc3ccccc3c2)C(OC(=O)c2ccc3ccccc3c2)C1OC(=O)c1cccc2ccccc12. The van der Waals surface area contributed by atoms with Crippen LogP contribution in [0.5, 0.6) is 0 Å². The summed E-state index contributed by atoms with van der Waals surface area (Å²) in [4.78, 5) is 40.3. The fraction of sp³-hybridized carbons (Fsp3) is 0.154. The van der Waals surface area contributed by atoms with Crippen LogP contribution in [0.15, 0.2) is 127 Å². The molecule has 0 N–H and O–H groups in total.